The zero-order valence-corrected chi connectivity index (χ0v) is 12.2. The van der Waals surface area contributed by atoms with Crippen LogP contribution in [0.15, 0.2) is 23.6 Å². The highest BCUT2D eigenvalue weighted by Crippen LogP contribution is 2.35. The topological polar surface area (TPSA) is 57.5 Å². The number of aromatic carboxylic acids is 1. The van der Waals surface area contributed by atoms with Crippen molar-refractivity contribution < 1.29 is 19.4 Å². The van der Waals surface area contributed by atoms with E-state index in [-0.39, 0.29) is 5.56 Å². The summed E-state index contributed by atoms with van der Waals surface area (Å²) in [5, 5.41) is 20.4. The maximum atomic E-state index is 14.2. The lowest BCUT2D eigenvalue weighted by Gasteiger charge is -2.18. The maximum Gasteiger partial charge on any atom is 0.336 e. The molecule has 2 N–H and O–H groups in total. The number of carbonyl (C=O) groups is 1. The molecule has 0 bridgehead atoms. The number of hydrogen-bond acceptors (Lipinski definition) is 3. The molecule has 0 fully saturated rings. The van der Waals surface area contributed by atoms with Crippen molar-refractivity contribution in [3.8, 4) is 10.4 Å². The van der Waals surface area contributed by atoms with Crippen LogP contribution >= 0.6 is 11.3 Å². The SMILES string of the molecule is Cc1c(C(=O)O)csc1-c1ccc(C(C)(C)O)cc1F. The molecule has 0 saturated carbocycles. The predicted octanol–water partition coefficient (Wildman–Crippen LogP) is 3.79. The fourth-order valence-electron chi connectivity index (χ4n) is 1.97. The normalized spacial score (nSPS) is 11.7. The van der Waals surface area contributed by atoms with Gasteiger partial charge in [-0.05, 0) is 38.0 Å². The van der Waals surface area contributed by atoms with Crippen molar-refractivity contribution in [3.63, 3.8) is 0 Å². The fourth-order valence-corrected chi connectivity index (χ4v) is 3.07. The van der Waals surface area contributed by atoms with Crippen LogP contribution in [-0.2, 0) is 5.60 Å². The van der Waals surface area contributed by atoms with Gasteiger partial charge in [0.15, 0.2) is 0 Å². The molecule has 0 unspecified atom stereocenters. The maximum absolute atomic E-state index is 14.2. The van der Waals surface area contributed by atoms with Crippen LogP contribution in [0.2, 0.25) is 0 Å². The highest BCUT2D eigenvalue weighted by Gasteiger charge is 2.20. The van der Waals surface area contributed by atoms with E-state index in [1.54, 1.807) is 32.9 Å². The summed E-state index contributed by atoms with van der Waals surface area (Å²) in [5.74, 6) is -1.48. The number of carboxylic acid groups (broad SMARTS) is 1. The van der Waals surface area contributed by atoms with Gasteiger partial charge in [0.05, 0.1) is 11.2 Å². The molecule has 2 aromatic rings. The van der Waals surface area contributed by atoms with Crippen LogP contribution in [0.25, 0.3) is 10.4 Å². The monoisotopic (exact) mass is 294 g/mol. The Morgan fingerprint density at radius 2 is 2.00 bits per heavy atom. The van der Waals surface area contributed by atoms with Gasteiger partial charge in [0.2, 0.25) is 0 Å². The van der Waals surface area contributed by atoms with Gasteiger partial charge in [0.25, 0.3) is 0 Å². The number of benzene rings is 1. The third kappa shape index (κ3) is 2.59. The van der Waals surface area contributed by atoms with Gasteiger partial charge in [-0.25, -0.2) is 9.18 Å². The smallest absolute Gasteiger partial charge is 0.336 e. The summed E-state index contributed by atoms with van der Waals surface area (Å²) in [4.78, 5) is 11.6. The van der Waals surface area contributed by atoms with Crippen LogP contribution in [0.5, 0.6) is 0 Å². The van der Waals surface area contributed by atoms with Gasteiger partial charge in [0.1, 0.15) is 5.82 Å². The van der Waals surface area contributed by atoms with Crippen molar-refractivity contribution in [3.05, 3.63) is 46.1 Å². The Kier molecular flexibility index (Phi) is 3.67. The minimum absolute atomic E-state index is 0.191. The Bertz CT molecular complexity index is 668. The largest absolute Gasteiger partial charge is 0.478 e. The van der Waals surface area contributed by atoms with E-state index in [9.17, 15) is 14.3 Å². The number of aliphatic hydroxyl groups is 1. The molecule has 20 heavy (non-hydrogen) atoms. The Morgan fingerprint density at radius 3 is 2.45 bits per heavy atom. The molecule has 0 radical (unpaired) electrons. The van der Waals surface area contributed by atoms with Crippen LogP contribution in [0.4, 0.5) is 4.39 Å². The van der Waals surface area contributed by atoms with E-state index in [1.807, 2.05) is 0 Å². The Labute approximate surface area is 120 Å². The molecule has 0 atom stereocenters. The van der Waals surface area contributed by atoms with Crippen LogP contribution in [0.1, 0.15) is 35.3 Å². The standard InChI is InChI=1S/C15H15FO3S/c1-8-11(14(17)18)7-20-13(8)10-5-4-9(6-12(10)16)15(2,3)19/h4-7,19H,1-3H3,(H,17,18). The number of carboxylic acids is 1. The molecule has 0 aliphatic carbocycles. The average molecular weight is 294 g/mol. The summed E-state index contributed by atoms with van der Waals surface area (Å²) >= 11 is 1.20. The zero-order valence-electron chi connectivity index (χ0n) is 11.4. The van der Waals surface area contributed by atoms with Gasteiger partial charge in [-0.15, -0.1) is 11.3 Å². The summed E-state index contributed by atoms with van der Waals surface area (Å²) in [5.41, 5.74) is 0.462. The van der Waals surface area contributed by atoms with Gasteiger partial charge in [-0.2, -0.15) is 0 Å². The Balaban J connectivity index is 2.52. The van der Waals surface area contributed by atoms with Crippen LogP contribution in [-0.4, -0.2) is 16.2 Å². The van der Waals surface area contributed by atoms with E-state index >= 15 is 0 Å². The molecule has 0 aliphatic rings. The summed E-state index contributed by atoms with van der Waals surface area (Å²) in [7, 11) is 0. The molecule has 1 aromatic carbocycles. The number of hydrogen-bond donors (Lipinski definition) is 2. The van der Waals surface area contributed by atoms with E-state index in [1.165, 1.54) is 22.8 Å². The number of halogens is 1. The second-order valence-corrected chi connectivity index (χ2v) is 6.04. The highest BCUT2D eigenvalue weighted by molar-refractivity contribution is 7.14. The molecule has 0 saturated heterocycles. The van der Waals surface area contributed by atoms with Crippen LogP contribution in [0.3, 0.4) is 0 Å². The van der Waals surface area contributed by atoms with Crippen molar-refractivity contribution in [1.29, 1.82) is 0 Å². The summed E-state index contributed by atoms with van der Waals surface area (Å²) in [6, 6.07) is 4.51. The van der Waals surface area contributed by atoms with Gasteiger partial charge in [0, 0.05) is 15.8 Å². The van der Waals surface area contributed by atoms with Crippen LogP contribution in [0, 0.1) is 12.7 Å². The Hall–Kier alpha value is -1.72. The van der Waals surface area contributed by atoms with E-state index in [0.717, 1.165) is 0 Å². The van der Waals surface area contributed by atoms with Gasteiger partial charge in [-0.3, -0.25) is 0 Å². The van der Waals surface area contributed by atoms with Gasteiger partial charge < -0.3 is 10.2 Å². The minimum atomic E-state index is -1.11. The molecule has 1 aromatic heterocycles. The molecule has 2 rings (SSSR count). The molecule has 0 amide bonds. The second-order valence-electron chi connectivity index (χ2n) is 5.16. The fraction of sp³-hybridized carbons (Fsp3) is 0.267. The summed E-state index contributed by atoms with van der Waals surface area (Å²) in [6.45, 7) is 4.83. The van der Waals surface area contributed by atoms with Crippen molar-refractivity contribution in [2.45, 2.75) is 26.4 Å². The van der Waals surface area contributed by atoms with Crippen molar-refractivity contribution in [2.24, 2.45) is 0 Å². The van der Waals surface area contributed by atoms with E-state index < -0.39 is 17.4 Å². The molecule has 1 heterocycles. The van der Waals surface area contributed by atoms with Crippen molar-refractivity contribution >= 4 is 17.3 Å². The van der Waals surface area contributed by atoms with Crippen molar-refractivity contribution in [2.75, 3.05) is 0 Å². The molecule has 0 spiro atoms. The zero-order chi connectivity index (χ0) is 15.1. The summed E-state index contributed by atoms with van der Waals surface area (Å²) in [6.07, 6.45) is 0. The first kappa shape index (κ1) is 14.7. The first-order chi connectivity index (χ1) is 9.21. The number of thiophene rings is 1. The highest BCUT2D eigenvalue weighted by atomic mass is 32.1. The van der Waals surface area contributed by atoms with Gasteiger partial charge in [-0.1, -0.05) is 12.1 Å². The molecule has 0 aliphatic heterocycles. The Morgan fingerprint density at radius 1 is 1.35 bits per heavy atom. The lowest BCUT2D eigenvalue weighted by atomic mass is 9.96. The number of rotatable bonds is 3. The first-order valence-electron chi connectivity index (χ1n) is 6.06. The van der Waals surface area contributed by atoms with E-state index in [0.29, 0.717) is 21.6 Å². The molecular weight excluding hydrogens is 279 g/mol. The molecule has 106 valence electrons. The van der Waals surface area contributed by atoms with Gasteiger partial charge >= 0.3 is 5.97 Å². The third-order valence-corrected chi connectivity index (χ3v) is 4.31. The molecule has 5 heteroatoms. The predicted molar refractivity (Wildman–Crippen MR) is 76.7 cm³/mol. The minimum Gasteiger partial charge on any atom is -0.478 e. The quantitative estimate of drug-likeness (QED) is 0.905. The van der Waals surface area contributed by atoms with Crippen LogP contribution < -0.4 is 0 Å². The molecular formula is C15H15FO3S. The lowest BCUT2D eigenvalue weighted by molar-refractivity contribution is 0.0696. The van der Waals surface area contributed by atoms with E-state index in [4.69, 9.17) is 5.11 Å². The lowest BCUT2D eigenvalue weighted by Crippen LogP contribution is -2.15. The van der Waals surface area contributed by atoms with Crippen molar-refractivity contribution in [1.82, 2.24) is 0 Å². The van der Waals surface area contributed by atoms with E-state index in [2.05, 4.69) is 0 Å². The summed E-state index contributed by atoms with van der Waals surface area (Å²) < 4.78 is 14.2. The third-order valence-electron chi connectivity index (χ3n) is 3.19. The average Bonchev–Trinajstić information content (AvgIpc) is 2.70. The first-order valence-corrected chi connectivity index (χ1v) is 6.94. The second kappa shape index (κ2) is 5.00. The molecule has 3 nitrogen and oxygen atoms in total.